The van der Waals surface area contributed by atoms with Crippen molar-refractivity contribution < 1.29 is 18.7 Å². The lowest BCUT2D eigenvalue weighted by atomic mass is 10.00. The van der Waals surface area contributed by atoms with E-state index in [0.29, 0.717) is 34.8 Å². The van der Waals surface area contributed by atoms with Gasteiger partial charge < -0.3 is 10.1 Å². The fourth-order valence-corrected chi connectivity index (χ4v) is 4.06. The molecule has 5 rings (SSSR count). The summed E-state index contributed by atoms with van der Waals surface area (Å²) in [4.78, 5) is 29.4. The molecule has 0 aliphatic carbocycles. The van der Waals surface area contributed by atoms with Crippen molar-refractivity contribution >= 4 is 17.7 Å². The number of tetrazole rings is 1. The largest absolute Gasteiger partial charge is 0.442 e. The van der Waals surface area contributed by atoms with Crippen LogP contribution in [0, 0.1) is 5.82 Å². The number of amides is 2. The molecular weight excluding hydrogens is 405 g/mol. The van der Waals surface area contributed by atoms with Crippen LogP contribution < -0.4 is 10.2 Å². The molecule has 2 amide bonds. The summed E-state index contributed by atoms with van der Waals surface area (Å²) in [5.74, 6) is -0.163. The number of pyridine rings is 1. The Hall–Kier alpha value is -3.89. The number of hydrogen-bond donors (Lipinski definition) is 1. The number of carbonyl (C=O) groups excluding carboxylic acids is 2. The van der Waals surface area contributed by atoms with E-state index in [0.717, 1.165) is 5.56 Å². The van der Waals surface area contributed by atoms with E-state index in [-0.39, 0.29) is 18.5 Å². The molecule has 2 aliphatic heterocycles. The molecule has 2 aromatic heterocycles. The second-order valence-electron chi connectivity index (χ2n) is 7.52. The van der Waals surface area contributed by atoms with Gasteiger partial charge in [-0.25, -0.2) is 13.9 Å². The predicted octanol–water partition coefficient (Wildman–Crippen LogP) is 1.46. The van der Waals surface area contributed by atoms with Gasteiger partial charge >= 0.3 is 6.09 Å². The molecule has 2 aliphatic rings. The Morgan fingerprint density at radius 3 is 2.87 bits per heavy atom. The van der Waals surface area contributed by atoms with Crippen LogP contribution in [0.2, 0.25) is 0 Å². The van der Waals surface area contributed by atoms with Gasteiger partial charge in [0.25, 0.3) is 0 Å². The first-order valence-corrected chi connectivity index (χ1v) is 9.68. The van der Waals surface area contributed by atoms with E-state index in [1.807, 2.05) is 0 Å². The van der Waals surface area contributed by atoms with Crippen LogP contribution in [0.1, 0.15) is 12.5 Å². The molecular formula is C20H18FN7O3. The van der Waals surface area contributed by atoms with Crippen molar-refractivity contribution in [2.75, 3.05) is 11.4 Å². The minimum Gasteiger partial charge on any atom is -0.442 e. The van der Waals surface area contributed by atoms with Crippen molar-refractivity contribution in [1.82, 2.24) is 30.5 Å². The highest BCUT2D eigenvalue weighted by atomic mass is 19.1. The van der Waals surface area contributed by atoms with E-state index in [1.165, 1.54) is 22.6 Å². The number of ether oxygens (including phenoxy) is 1. The Morgan fingerprint density at radius 2 is 2.19 bits per heavy atom. The Morgan fingerprint density at radius 1 is 1.35 bits per heavy atom. The van der Waals surface area contributed by atoms with Gasteiger partial charge in [0.1, 0.15) is 17.6 Å². The molecule has 11 heteroatoms. The summed E-state index contributed by atoms with van der Waals surface area (Å²) in [5.41, 5.74) is 2.90. The van der Waals surface area contributed by atoms with Crippen LogP contribution >= 0.6 is 0 Å². The number of hydrogen-bond acceptors (Lipinski definition) is 7. The van der Waals surface area contributed by atoms with Crippen molar-refractivity contribution in [3.63, 3.8) is 0 Å². The molecule has 0 spiro atoms. The predicted molar refractivity (Wildman–Crippen MR) is 106 cm³/mol. The van der Waals surface area contributed by atoms with Gasteiger partial charge in [-0.1, -0.05) is 6.07 Å². The summed E-state index contributed by atoms with van der Waals surface area (Å²) in [5, 5.41) is 14.0. The van der Waals surface area contributed by atoms with E-state index in [9.17, 15) is 9.59 Å². The van der Waals surface area contributed by atoms with E-state index < -0.39 is 18.0 Å². The number of carbonyl (C=O) groups is 2. The zero-order valence-electron chi connectivity index (χ0n) is 16.7. The molecule has 1 aromatic carbocycles. The van der Waals surface area contributed by atoms with Crippen LogP contribution in [0.25, 0.3) is 22.6 Å². The van der Waals surface area contributed by atoms with Crippen LogP contribution in [0.3, 0.4) is 0 Å². The highest BCUT2D eigenvalue weighted by Crippen LogP contribution is 2.41. The number of cyclic esters (lactones) is 1. The van der Waals surface area contributed by atoms with Gasteiger partial charge in [0, 0.05) is 31.3 Å². The average molecular weight is 423 g/mol. The number of halogens is 1. The first-order chi connectivity index (χ1) is 14.9. The molecule has 0 radical (unpaired) electrons. The first-order valence-electron chi connectivity index (χ1n) is 9.68. The molecule has 158 valence electrons. The van der Waals surface area contributed by atoms with Gasteiger partial charge in [-0.2, -0.15) is 0 Å². The molecule has 2 atom stereocenters. The summed E-state index contributed by atoms with van der Waals surface area (Å²) in [6, 6.07) is 6.30. The molecule has 0 unspecified atom stereocenters. The maximum Gasteiger partial charge on any atom is 0.415 e. The van der Waals surface area contributed by atoms with Gasteiger partial charge in [0.05, 0.1) is 18.3 Å². The molecule has 0 saturated carbocycles. The summed E-state index contributed by atoms with van der Waals surface area (Å²) in [6.45, 7) is 1.62. The number of nitrogens with one attached hydrogen (secondary N) is 1. The monoisotopic (exact) mass is 423 g/mol. The zero-order chi connectivity index (χ0) is 21.7. The maximum absolute atomic E-state index is 15.0. The molecule has 31 heavy (non-hydrogen) atoms. The summed E-state index contributed by atoms with van der Waals surface area (Å²) < 4.78 is 21.9. The molecule has 3 aromatic rings. The SMILES string of the molecule is CC(=O)NC[C@@H]1OC(=O)N2c3cc(F)c(-c4ccc(-c5nnnn5C)nc4)cc3C[C@@H]12. The lowest BCUT2D eigenvalue weighted by molar-refractivity contribution is -0.119. The van der Waals surface area contributed by atoms with Gasteiger partial charge in [-0.05, 0) is 40.6 Å². The normalized spacial score (nSPS) is 19.2. The van der Waals surface area contributed by atoms with Crippen molar-refractivity contribution in [2.24, 2.45) is 7.05 Å². The fraction of sp³-hybridized carbons (Fsp3) is 0.300. The third-order valence-electron chi connectivity index (χ3n) is 5.54. The lowest BCUT2D eigenvalue weighted by Crippen LogP contribution is -2.40. The zero-order valence-corrected chi connectivity index (χ0v) is 16.7. The number of fused-ring (bicyclic) bond motifs is 3. The van der Waals surface area contributed by atoms with Crippen LogP contribution in [-0.2, 0) is 23.0 Å². The first kappa shape index (κ1) is 19.1. The second-order valence-corrected chi connectivity index (χ2v) is 7.52. The molecule has 1 saturated heterocycles. The van der Waals surface area contributed by atoms with E-state index in [2.05, 4.69) is 25.8 Å². The summed E-state index contributed by atoms with van der Waals surface area (Å²) in [6.07, 6.45) is 1.05. The van der Waals surface area contributed by atoms with Crippen LogP contribution in [-0.4, -0.2) is 55.9 Å². The van der Waals surface area contributed by atoms with Gasteiger partial charge in [-0.3, -0.25) is 14.7 Å². The van der Waals surface area contributed by atoms with E-state index in [4.69, 9.17) is 4.74 Å². The molecule has 1 N–H and O–H groups in total. The lowest BCUT2D eigenvalue weighted by Gasteiger charge is -2.16. The maximum atomic E-state index is 15.0. The Bertz CT molecular complexity index is 1190. The van der Waals surface area contributed by atoms with Crippen LogP contribution in [0.15, 0.2) is 30.5 Å². The topological polar surface area (TPSA) is 115 Å². The van der Waals surface area contributed by atoms with Crippen LogP contribution in [0.5, 0.6) is 0 Å². The smallest absolute Gasteiger partial charge is 0.415 e. The molecule has 0 bridgehead atoms. The minimum absolute atomic E-state index is 0.202. The number of aromatic nitrogens is 5. The van der Waals surface area contributed by atoms with Crippen LogP contribution in [0.4, 0.5) is 14.9 Å². The Labute approximate surface area is 176 Å². The molecule has 4 heterocycles. The third-order valence-corrected chi connectivity index (χ3v) is 5.54. The highest BCUT2D eigenvalue weighted by Gasteiger charge is 2.47. The summed E-state index contributed by atoms with van der Waals surface area (Å²) in [7, 11) is 1.71. The third kappa shape index (κ3) is 3.18. The Balaban J connectivity index is 1.44. The standard InChI is InChI=1S/C20H18FN7O3/c1-10(29)22-9-18-17-6-12-5-13(14(21)7-16(12)28(17)20(30)31-18)11-3-4-15(23-8-11)19-24-25-26-27(19)2/h3-5,7-8,17-18H,6,9H2,1-2H3,(H,22,29)/t17-,18-/m0/s1. The van der Waals surface area contributed by atoms with Crippen molar-refractivity contribution in [3.8, 4) is 22.6 Å². The van der Waals surface area contributed by atoms with Crippen molar-refractivity contribution in [3.05, 3.63) is 41.8 Å². The van der Waals surface area contributed by atoms with Crippen molar-refractivity contribution in [2.45, 2.75) is 25.5 Å². The number of benzene rings is 1. The van der Waals surface area contributed by atoms with E-state index >= 15 is 4.39 Å². The highest BCUT2D eigenvalue weighted by molar-refractivity contribution is 5.94. The van der Waals surface area contributed by atoms with Gasteiger partial charge in [0.15, 0.2) is 5.82 Å². The second kappa shape index (κ2) is 7.11. The average Bonchev–Trinajstić information content (AvgIpc) is 3.41. The Kier molecular flexibility index (Phi) is 4.38. The fourth-order valence-electron chi connectivity index (χ4n) is 4.06. The van der Waals surface area contributed by atoms with E-state index in [1.54, 1.807) is 31.4 Å². The molecule has 1 fully saturated rings. The number of anilines is 1. The minimum atomic E-state index is -0.533. The van der Waals surface area contributed by atoms with Crippen molar-refractivity contribution in [1.29, 1.82) is 0 Å². The quantitative estimate of drug-likeness (QED) is 0.676. The summed E-state index contributed by atoms with van der Waals surface area (Å²) >= 11 is 0. The van der Waals surface area contributed by atoms with Gasteiger partial charge in [0.2, 0.25) is 5.91 Å². The number of aryl methyl sites for hydroxylation is 1. The number of rotatable bonds is 4. The molecule has 10 nitrogen and oxygen atoms in total. The number of nitrogens with zero attached hydrogens (tertiary/aromatic N) is 6. The van der Waals surface area contributed by atoms with Gasteiger partial charge in [-0.15, -0.1) is 5.10 Å².